The molecule has 1 amide bonds. The van der Waals surface area contributed by atoms with Crippen LogP contribution in [-0.2, 0) is 11.2 Å². The zero-order chi connectivity index (χ0) is 18.0. The first-order valence-corrected chi connectivity index (χ1v) is 9.68. The van der Waals surface area contributed by atoms with Crippen LogP contribution in [0.5, 0.6) is 0 Å². The van der Waals surface area contributed by atoms with Gasteiger partial charge >= 0.3 is 0 Å². The van der Waals surface area contributed by atoms with E-state index < -0.39 is 0 Å². The van der Waals surface area contributed by atoms with Gasteiger partial charge in [0.2, 0.25) is 0 Å². The van der Waals surface area contributed by atoms with Crippen molar-refractivity contribution in [2.24, 2.45) is 0 Å². The Morgan fingerprint density at radius 2 is 2.12 bits per heavy atom. The first-order chi connectivity index (χ1) is 11.9. The first-order valence-electron chi connectivity index (χ1n) is 9.68. The number of aromatic nitrogens is 2. The van der Waals surface area contributed by atoms with E-state index in [4.69, 9.17) is 4.74 Å². The number of H-pyrrole nitrogens is 1. The van der Waals surface area contributed by atoms with Gasteiger partial charge in [0, 0.05) is 36.9 Å². The fourth-order valence-corrected chi connectivity index (χ4v) is 4.14. The smallest absolute Gasteiger partial charge is 0.272 e. The van der Waals surface area contributed by atoms with E-state index in [0.717, 1.165) is 56.5 Å². The SMILES string of the molecule is CCc1[nH]nc(C(=O)NC[C@@H]2CCC3(CCN(C(C)C)CC3)O2)c1C. The number of carbonyl (C=O) groups excluding carboxylic acids is 1. The zero-order valence-electron chi connectivity index (χ0n) is 16.0. The van der Waals surface area contributed by atoms with Crippen molar-refractivity contribution in [2.45, 2.75) is 77.5 Å². The van der Waals surface area contributed by atoms with Crippen LogP contribution >= 0.6 is 0 Å². The molecule has 2 N–H and O–H groups in total. The molecule has 0 aliphatic carbocycles. The third-order valence-corrected chi connectivity index (χ3v) is 5.95. The number of nitrogens with one attached hydrogen (secondary N) is 2. The summed E-state index contributed by atoms with van der Waals surface area (Å²) < 4.78 is 6.39. The average molecular weight is 348 g/mol. The third kappa shape index (κ3) is 3.90. The average Bonchev–Trinajstić information content (AvgIpc) is 3.17. The number of likely N-dealkylation sites (tertiary alicyclic amines) is 1. The Morgan fingerprint density at radius 3 is 2.72 bits per heavy atom. The van der Waals surface area contributed by atoms with Gasteiger partial charge in [0.15, 0.2) is 5.69 Å². The molecule has 0 aromatic carbocycles. The van der Waals surface area contributed by atoms with Crippen LogP contribution in [0.3, 0.4) is 0 Å². The quantitative estimate of drug-likeness (QED) is 0.857. The maximum atomic E-state index is 12.4. The number of ether oxygens (including phenoxy) is 1. The summed E-state index contributed by atoms with van der Waals surface area (Å²) in [7, 11) is 0. The highest BCUT2D eigenvalue weighted by molar-refractivity contribution is 5.93. The standard InChI is InChI=1S/C19H32N4O2/c1-5-16-14(4)17(22-21-16)18(24)20-12-15-6-7-19(25-15)8-10-23(11-9-19)13(2)3/h13,15H,5-12H2,1-4H3,(H,20,24)(H,21,22)/t15-/m0/s1. The minimum absolute atomic E-state index is 0.0401. The molecular formula is C19H32N4O2. The summed E-state index contributed by atoms with van der Waals surface area (Å²) in [6.45, 7) is 11.3. The molecule has 2 aliphatic heterocycles. The Labute approximate surface area is 150 Å². The van der Waals surface area contributed by atoms with Crippen molar-refractivity contribution in [3.8, 4) is 0 Å². The Morgan fingerprint density at radius 1 is 1.40 bits per heavy atom. The molecule has 2 saturated heterocycles. The molecule has 1 spiro atoms. The van der Waals surface area contributed by atoms with E-state index in [0.29, 0.717) is 18.3 Å². The highest BCUT2D eigenvalue weighted by atomic mass is 16.5. The summed E-state index contributed by atoms with van der Waals surface area (Å²) in [5.41, 5.74) is 2.52. The summed E-state index contributed by atoms with van der Waals surface area (Å²) >= 11 is 0. The van der Waals surface area contributed by atoms with Crippen LogP contribution in [0.1, 0.15) is 68.2 Å². The molecule has 3 rings (SSSR count). The molecule has 0 unspecified atom stereocenters. The van der Waals surface area contributed by atoms with Crippen LogP contribution in [0, 0.1) is 6.92 Å². The summed E-state index contributed by atoms with van der Waals surface area (Å²) in [4.78, 5) is 14.9. The number of hydrogen-bond acceptors (Lipinski definition) is 4. The van der Waals surface area contributed by atoms with Gasteiger partial charge in [-0.1, -0.05) is 6.92 Å². The van der Waals surface area contributed by atoms with Crippen molar-refractivity contribution in [3.63, 3.8) is 0 Å². The van der Waals surface area contributed by atoms with Crippen LogP contribution < -0.4 is 5.32 Å². The second-order valence-corrected chi connectivity index (χ2v) is 7.83. The number of amides is 1. The lowest BCUT2D eigenvalue weighted by Crippen LogP contribution is -2.47. The lowest BCUT2D eigenvalue weighted by atomic mass is 9.88. The highest BCUT2D eigenvalue weighted by Gasteiger charge is 2.42. The van der Waals surface area contributed by atoms with Crippen LogP contribution in [0.15, 0.2) is 0 Å². The maximum Gasteiger partial charge on any atom is 0.272 e. The third-order valence-electron chi connectivity index (χ3n) is 5.95. The zero-order valence-corrected chi connectivity index (χ0v) is 16.0. The van der Waals surface area contributed by atoms with E-state index in [1.807, 2.05) is 6.92 Å². The number of aromatic amines is 1. The largest absolute Gasteiger partial charge is 0.370 e. The number of piperidine rings is 1. The van der Waals surface area contributed by atoms with Gasteiger partial charge in [0.25, 0.3) is 5.91 Å². The van der Waals surface area contributed by atoms with Crippen molar-refractivity contribution in [1.29, 1.82) is 0 Å². The lowest BCUT2D eigenvalue weighted by Gasteiger charge is -2.40. The summed E-state index contributed by atoms with van der Waals surface area (Å²) in [5.74, 6) is -0.104. The fraction of sp³-hybridized carbons (Fsp3) is 0.789. The molecule has 6 heteroatoms. The Balaban J connectivity index is 1.49. The van der Waals surface area contributed by atoms with Gasteiger partial charge in [-0.05, 0) is 52.9 Å². The molecular weight excluding hydrogens is 316 g/mol. The normalized spacial score (nSPS) is 23.5. The molecule has 0 bridgehead atoms. The summed E-state index contributed by atoms with van der Waals surface area (Å²) in [6.07, 6.45) is 5.33. The van der Waals surface area contributed by atoms with Gasteiger partial charge in [-0.2, -0.15) is 5.10 Å². The van der Waals surface area contributed by atoms with E-state index in [9.17, 15) is 4.79 Å². The Hall–Kier alpha value is -1.40. The van der Waals surface area contributed by atoms with Crippen molar-refractivity contribution < 1.29 is 9.53 Å². The second-order valence-electron chi connectivity index (χ2n) is 7.83. The first kappa shape index (κ1) is 18.4. The summed E-state index contributed by atoms with van der Waals surface area (Å²) in [5, 5.41) is 10.1. The maximum absolute atomic E-state index is 12.4. The van der Waals surface area contributed by atoms with Gasteiger partial charge in [0.05, 0.1) is 11.7 Å². The lowest BCUT2D eigenvalue weighted by molar-refractivity contribution is -0.0788. The number of nitrogens with zero attached hydrogens (tertiary/aromatic N) is 2. The van der Waals surface area contributed by atoms with E-state index in [1.54, 1.807) is 0 Å². The molecule has 1 aromatic rings. The minimum atomic E-state index is -0.104. The van der Waals surface area contributed by atoms with Crippen molar-refractivity contribution in [1.82, 2.24) is 20.4 Å². The van der Waals surface area contributed by atoms with Gasteiger partial charge in [0.1, 0.15) is 0 Å². The molecule has 140 valence electrons. The highest BCUT2D eigenvalue weighted by Crippen LogP contribution is 2.39. The minimum Gasteiger partial charge on any atom is -0.370 e. The fourth-order valence-electron chi connectivity index (χ4n) is 4.14. The van der Waals surface area contributed by atoms with Crippen molar-refractivity contribution >= 4 is 5.91 Å². The Kier molecular flexibility index (Phi) is 5.49. The van der Waals surface area contributed by atoms with E-state index >= 15 is 0 Å². The number of hydrogen-bond donors (Lipinski definition) is 2. The monoisotopic (exact) mass is 348 g/mol. The molecule has 1 atom stereocenters. The molecule has 6 nitrogen and oxygen atoms in total. The van der Waals surface area contributed by atoms with Crippen LogP contribution in [0.4, 0.5) is 0 Å². The van der Waals surface area contributed by atoms with Crippen LogP contribution in [0.2, 0.25) is 0 Å². The van der Waals surface area contributed by atoms with Gasteiger partial charge in [-0.15, -0.1) is 0 Å². The van der Waals surface area contributed by atoms with Gasteiger partial charge in [-0.25, -0.2) is 0 Å². The van der Waals surface area contributed by atoms with Crippen molar-refractivity contribution in [2.75, 3.05) is 19.6 Å². The number of aryl methyl sites for hydroxylation is 1. The molecule has 0 saturated carbocycles. The molecule has 1 aromatic heterocycles. The molecule has 3 heterocycles. The van der Waals surface area contributed by atoms with E-state index in [2.05, 4.69) is 41.2 Å². The second kappa shape index (κ2) is 7.46. The number of carbonyl (C=O) groups is 1. The van der Waals surface area contributed by atoms with Crippen LogP contribution in [0.25, 0.3) is 0 Å². The molecule has 25 heavy (non-hydrogen) atoms. The predicted molar refractivity (Wildman–Crippen MR) is 97.8 cm³/mol. The number of rotatable bonds is 5. The molecule has 2 fully saturated rings. The van der Waals surface area contributed by atoms with Crippen molar-refractivity contribution in [3.05, 3.63) is 17.0 Å². The van der Waals surface area contributed by atoms with Gasteiger partial charge in [-0.3, -0.25) is 9.89 Å². The van der Waals surface area contributed by atoms with E-state index in [-0.39, 0.29) is 17.6 Å². The van der Waals surface area contributed by atoms with E-state index in [1.165, 1.54) is 0 Å². The van der Waals surface area contributed by atoms with Crippen LogP contribution in [-0.4, -0.2) is 58.4 Å². The Bertz CT molecular complexity index is 603. The summed E-state index contributed by atoms with van der Waals surface area (Å²) in [6, 6.07) is 0.610. The molecule has 2 aliphatic rings. The topological polar surface area (TPSA) is 70.2 Å². The van der Waals surface area contributed by atoms with Gasteiger partial charge < -0.3 is 15.0 Å². The predicted octanol–water partition coefficient (Wildman–Crippen LogP) is 2.43. The molecule has 0 radical (unpaired) electrons.